The van der Waals surface area contributed by atoms with Crippen molar-refractivity contribution in [2.24, 2.45) is 0 Å². The van der Waals surface area contributed by atoms with Gasteiger partial charge in [-0.2, -0.15) is 0 Å². The number of fused-ring (bicyclic) bond motifs is 1. The fourth-order valence-electron chi connectivity index (χ4n) is 3.10. The van der Waals surface area contributed by atoms with Gasteiger partial charge in [0.05, 0.1) is 11.9 Å². The van der Waals surface area contributed by atoms with E-state index in [1.807, 2.05) is 24.3 Å². The molecule has 0 bridgehead atoms. The van der Waals surface area contributed by atoms with Crippen molar-refractivity contribution in [3.63, 3.8) is 0 Å². The normalized spacial score (nSPS) is 13.6. The van der Waals surface area contributed by atoms with Crippen molar-refractivity contribution < 1.29 is 9.21 Å². The maximum absolute atomic E-state index is 13.0. The Labute approximate surface area is 144 Å². The molecule has 0 unspecified atom stereocenters. The summed E-state index contributed by atoms with van der Waals surface area (Å²) >= 11 is 0. The molecule has 2 N–H and O–H groups in total. The number of rotatable bonds is 2. The first-order valence-electron chi connectivity index (χ1n) is 8.09. The lowest BCUT2D eigenvalue weighted by atomic mass is 10.0. The maximum atomic E-state index is 13.0. The number of hydrogen-bond acceptors (Lipinski definition) is 6. The van der Waals surface area contributed by atoms with Gasteiger partial charge in [-0.05, 0) is 31.4 Å². The number of nitrogen functional groups attached to an aromatic ring is 1. The molecule has 0 aliphatic carbocycles. The minimum Gasteiger partial charge on any atom is -0.443 e. The number of anilines is 2. The largest absolute Gasteiger partial charge is 0.443 e. The van der Waals surface area contributed by atoms with Crippen molar-refractivity contribution in [3.05, 3.63) is 53.7 Å². The average Bonchev–Trinajstić information content (AvgIpc) is 3.16. The third-order valence-electron chi connectivity index (χ3n) is 4.29. The molecule has 0 fully saturated rings. The monoisotopic (exact) mass is 335 g/mol. The van der Waals surface area contributed by atoms with Crippen LogP contribution in [0.1, 0.15) is 28.2 Å². The van der Waals surface area contributed by atoms with Gasteiger partial charge in [-0.15, -0.1) is 0 Å². The molecule has 1 amide bonds. The van der Waals surface area contributed by atoms with Crippen LogP contribution in [0.25, 0.3) is 11.6 Å². The first-order chi connectivity index (χ1) is 12.1. The summed E-state index contributed by atoms with van der Waals surface area (Å²) in [7, 11) is 0. The SMILES string of the molecule is Cc1nc(C(=O)N2CCCc3ccccc32)c(N)nc1-c1ncco1. The van der Waals surface area contributed by atoms with Crippen molar-refractivity contribution in [3.8, 4) is 11.6 Å². The molecule has 1 aromatic carbocycles. The van der Waals surface area contributed by atoms with Crippen LogP contribution in [-0.4, -0.2) is 27.4 Å². The van der Waals surface area contributed by atoms with E-state index in [1.165, 1.54) is 12.5 Å². The van der Waals surface area contributed by atoms with Gasteiger partial charge in [-0.3, -0.25) is 4.79 Å². The molecule has 7 nitrogen and oxygen atoms in total. The molecule has 3 heterocycles. The van der Waals surface area contributed by atoms with E-state index in [2.05, 4.69) is 15.0 Å². The first kappa shape index (κ1) is 15.3. The zero-order valence-corrected chi connectivity index (χ0v) is 13.8. The predicted molar refractivity (Wildman–Crippen MR) is 93.1 cm³/mol. The lowest BCUT2D eigenvalue weighted by Gasteiger charge is -2.29. The molecule has 0 atom stereocenters. The fraction of sp³-hybridized carbons (Fsp3) is 0.222. The third kappa shape index (κ3) is 2.63. The molecule has 0 spiro atoms. The first-order valence-corrected chi connectivity index (χ1v) is 8.09. The topological polar surface area (TPSA) is 98.1 Å². The maximum Gasteiger partial charge on any atom is 0.280 e. The number of carbonyl (C=O) groups is 1. The molecule has 0 saturated heterocycles. The summed E-state index contributed by atoms with van der Waals surface area (Å²) in [6.07, 6.45) is 4.85. The van der Waals surface area contributed by atoms with Crippen LogP contribution in [0.15, 0.2) is 41.1 Å². The zero-order valence-electron chi connectivity index (χ0n) is 13.8. The van der Waals surface area contributed by atoms with Crippen molar-refractivity contribution in [2.45, 2.75) is 19.8 Å². The summed E-state index contributed by atoms with van der Waals surface area (Å²) in [6, 6.07) is 7.90. The Bertz CT molecular complexity index is 937. The van der Waals surface area contributed by atoms with Gasteiger partial charge in [-0.1, -0.05) is 18.2 Å². The van der Waals surface area contributed by atoms with Crippen molar-refractivity contribution in [2.75, 3.05) is 17.2 Å². The van der Waals surface area contributed by atoms with E-state index in [0.717, 1.165) is 24.1 Å². The Balaban J connectivity index is 1.73. The Morgan fingerprint density at radius 3 is 2.92 bits per heavy atom. The van der Waals surface area contributed by atoms with Gasteiger partial charge in [0.25, 0.3) is 5.91 Å². The van der Waals surface area contributed by atoms with E-state index in [0.29, 0.717) is 23.8 Å². The van der Waals surface area contributed by atoms with Gasteiger partial charge in [0.2, 0.25) is 5.89 Å². The quantitative estimate of drug-likeness (QED) is 0.773. The Morgan fingerprint density at radius 1 is 1.28 bits per heavy atom. The van der Waals surface area contributed by atoms with Gasteiger partial charge >= 0.3 is 0 Å². The van der Waals surface area contributed by atoms with E-state index in [1.54, 1.807) is 11.8 Å². The summed E-state index contributed by atoms with van der Waals surface area (Å²) in [5.74, 6) is 0.171. The molecule has 25 heavy (non-hydrogen) atoms. The Kier molecular flexibility index (Phi) is 3.68. The molecule has 1 aliphatic rings. The highest BCUT2D eigenvalue weighted by molar-refractivity contribution is 6.08. The number of para-hydroxylation sites is 1. The highest BCUT2D eigenvalue weighted by Gasteiger charge is 2.27. The molecule has 2 aromatic heterocycles. The van der Waals surface area contributed by atoms with Gasteiger partial charge in [0.15, 0.2) is 11.5 Å². The Morgan fingerprint density at radius 2 is 2.12 bits per heavy atom. The molecule has 0 saturated carbocycles. The van der Waals surface area contributed by atoms with E-state index >= 15 is 0 Å². The van der Waals surface area contributed by atoms with Crippen LogP contribution in [0.3, 0.4) is 0 Å². The van der Waals surface area contributed by atoms with Crippen LogP contribution in [-0.2, 0) is 6.42 Å². The van der Waals surface area contributed by atoms with E-state index < -0.39 is 0 Å². The number of nitrogens with zero attached hydrogens (tertiary/aromatic N) is 4. The minimum atomic E-state index is -0.237. The fourth-order valence-corrected chi connectivity index (χ4v) is 3.10. The lowest BCUT2D eigenvalue weighted by Crippen LogP contribution is -2.36. The van der Waals surface area contributed by atoms with Gasteiger partial charge in [0, 0.05) is 12.2 Å². The van der Waals surface area contributed by atoms with Gasteiger partial charge in [-0.25, -0.2) is 15.0 Å². The number of aromatic nitrogens is 3. The number of hydrogen-bond donors (Lipinski definition) is 1. The van der Waals surface area contributed by atoms with Crippen molar-refractivity contribution in [1.29, 1.82) is 0 Å². The summed E-state index contributed by atoms with van der Waals surface area (Å²) in [5.41, 5.74) is 9.25. The van der Waals surface area contributed by atoms with E-state index in [-0.39, 0.29) is 17.4 Å². The van der Waals surface area contributed by atoms with E-state index in [9.17, 15) is 4.79 Å². The van der Waals surface area contributed by atoms with Crippen molar-refractivity contribution in [1.82, 2.24) is 15.0 Å². The molecule has 1 aliphatic heterocycles. The number of carbonyl (C=O) groups excluding carboxylic acids is 1. The minimum absolute atomic E-state index is 0.0758. The van der Waals surface area contributed by atoms with Crippen LogP contribution in [0.4, 0.5) is 11.5 Å². The molecule has 3 aromatic rings. The van der Waals surface area contributed by atoms with Crippen LogP contribution < -0.4 is 10.6 Å². The second-order valence-electron chi connectivity index (χ2n) is 5.92. The standard InChI is InChI=1S/C18H17N5O2/c1-11-14(17-20-8-10-25-17)22-16(19)15(21-11)18(24)23-9-4-6-12-5-2-3-7-13(12)23/h2-3,5,7-8,10H,4,6,9H2,1H3,(H2,19,22). The number of aryl methyl sites for hydroxylation is 2. The summed E-state index contributed by atoms with van der Waals surface area (Å²) in [6.45, 7) is 2.39. The lowest BCUT2D eigenvalue weighted by molar-refractivity contribution is 0.0981. The molecule has 4 rings (SSSR count). The van der Waals surface area contributed by atoms with Crippen molar-refractivity contribution >= 4 is 17.4 Å². The predicted octanol–water partition coefficient (Wildman–Crippen LogP) is 2.62. The molecule has 0 radical (unpaired) electrons. The van der Waals surface area contributed by atoms with Gasteiger partial charge < -0.3 is 15.1 Å². The molecular weight excluding hydrogens is 318 g/mol. The number of benzene rings is 1. The van der Waals surface area contributed by atoms with Crippen LogP contribution in [0.5, 0.6) is 0 Å². The van der Waals surface area contributed by atoms with Gasteiger partial charge in [0.1, 0.15) is 12.0 Å². The zero-order chi connectivity index (χ0) is 17.4. The molecule has 126 valence electrons. The number of oxazole rings is 1. The van der Waals surface area contributed by atoms with Crippen LogP contribution in [0.2, 0.25) is 0 Å². The average molecular weight is 335 g/mol. The Hall–Kier alpha value is -3.22. The summed E-state index contributed by atoms with van der Waals surface area (Å²) in [5, 5.41) is 0. The smallest absolute Gasteiger partial charge is 0.280 e. The number of nitrogens with two attached hydrogens (primary N) is 1. The second-order valence-corrected chi connectivity index (χ2v) is 5.92. The summed E-state index contributed by atoms with van der Waals surface area (Å²) in [4.78, 5) is 27.5. The van der Waals surface area contributed by atoms with Crippen LogP contribution >= 0.6 is 0 Å². The summed E-state index contributed by atoms with van der Waals surface area (Å²) < 4.78 is 5.25. The molecular formula is C18H17N5O2. The molecule has 7 heteroatoms. The highest BCUT2D eigenvalue weighted by Crippen LogP contribution is 2.29. The third-order valence-corrected chi connectivity index (χ3v) is 4.29. The second kappa shape index (κ2) is 6.01. The highest BCUT2D eigenvalue weighted by atomic mass is 16.3. The number of amides is 1. The van der Waals surface area contributed by atoms with Crippen LogP contribution in [0, 0.1) is 6.92 Å². The van der Waals surface area contributed by atoms with E-state index in [4.69, 9.17) is 10.2 Å².